The highest BCUT2D eigenvalue weighted by Gasteiger charge is 2.22. The third-order valence-corrected chi connectivity index (χ3v) is 5.21. The highest BCUT2D eigenvalue weighted by Crippen LogP contribution is 2.13. The van der Waals surface area contributed by atoms with Gasteiger partial charge in [0.05, 0.1) is 0 Å². The van der Waals surface area contributed by atoms with Crippen LogP contribution in [0, 0.1) is 5.92 Å². The van der Waals surface area contributed by atoms with Crippen molar-refractivity contribution in [2.75, 3.05) is 0 Å². The Morgan fingerprint density at radius 1 is 1.07 bits per heavy atom. The summed E-state index contributed by atoms with van der Waals surface area (Å²) in [6.45, 7) is 10.0. The summed E-state index contributed by atoms with van der Waals surface area (Å²) in [7, 11) is 0. The zero-order valence-electron chi connectivity index (χ0n) is 18.1. The van der Waals surface area contributed by atoms with Gasteiger partial charge in [-0.1, -0.05) is 34.1 Å². The molecule has 0 aliphatic heterocycles. The highest BCUT2D eigenvalue weighted by atomic mass is 16.3. The maximum atomic E-state index is 13.2. The SMILES string of the molecule is CCCCn1c(=O)n(CC(=O)NC(C)C(C)C)c(=O)c2c1nc(CO)n2CCC. The fourth-order valence-corrected chi connectivity index (χ4v) is 3.19. The Kier molecular flexibility index (Phi) is 7.78. The van der Waals surface area contributed by atoms with Gasteiger partial charge in [-0.3, -0.25) is 14.2 Å². The van der Waals surface area contributed by atoms with Crippen LogP contribution in [-0.4, -0.2) is 35.7 Å². The molecule has 2 heterocycles. The Bertz CT molecular complexity index is 970. The number of carbonyl (C=O) groups excluding carboxylic acids is 1. The van der Waals surface area contributed by atoms with Crippen LogP contribution in [0.25, 0.3) is 11.2 Å². The van der Waals surface area contributed by atoms with Crippen LogP contribution in [0.2, 0.25) is 0 Å². The van der Waals surface area contributed by atoms with Crippen LogP contribution >= 0.6 is 0 Å². The summed E-state index contributed by atoms with van der Waals surface area (Å²) in [5.41, 5.74) is -0.561. The molecule has 2 rings (SSSR count). The fourth-order valence-electron chi connectivity index (χ4n) is 3.19. The number of aliphatic hydroxyl groups excluding tert-OH is 1. The molecule has 0 fully saturated rings. The number of aromatic nitrogens is 4. The molecule has 0 radical (unpaired) electrons. The Morgan fingerprint density at radius 3 is 2.31 bits per heavy atom. The van der Waals surface area contributed by atoms with Crippen molar-refractivity contribution in [1.29, 1.82) is 0 Å². The molecule has 0 spiro atoms. The standard InChI is InChI=1S/C20H33N5O4/c1-6-8-10-24-18-17(23(9-7-2)15(12-26)22-18)19(28)25(20(24)29)11-16(27)21-14(5)13(3)4/h13-14,26H,6-12H2,1-5H3,(H,21,27). The number of nitrogens with one attached hydrogen (secondary N) is 1. The number of aliphatic hydroxyl groups is 1. The van der Waals surface area contributed by atoms with E-state index in [-0.39, 0.29) is 42.2 Å². The molecule has 162 valence electrons. The smallest absolute Gasteiger partial charge is 0.333 e. The second-order valence-corrected chi connectivity index (χ2v) is 7.79. The molecule has 0 aromatic carbocycles. The molecule has 9 heteroatoms. The summed E-state index contributed by atoms with van der Waals surface area (Å²) < 4.78 is 4.09. The van der Waals surface area contributed by atoms with Gasteiger partial charge in [-0.25, -0.2) is 14.3 Å². The molecule has 29 heavy (non-hydrogen) atoms. The molecular weight excluding hydrogens is 374 g/mol. The van der Waals surface area contributed by atoms with Crippen molar-refractivity contribution in [1.82, 2.24) is 24.0 Å². The van der Waals surface area contributed by atoms with Gasteiger partial charge in [0.15, 0.2) is 11.2 Å². The zero-order chi connectivity index (χ0) is 21.7. The molecule has 0 bridgehead atoms. The second-order valence-electron chi connectivity index (χ2n) is 7.79. The lowest BCUT2D eigenvalue weighted by Gasteiger charge is -2.18. The van der Waals surface area contributed by atoms with E-state index < -0.39 is 11.2 Å². The average Bonchev–Trinajstić information content (AvgIpc) is 3.03. The number of hydrogen-bond acceptors (Lipinski definition) is 5. The van der Waals surface area contributed by atoms with Gasteiger partial charge < -0.3 is 15.0 Å². The predicted octanol–water partition coefficient (Wildman–Crippen LogP) is 1.22. The molecule has 0 aliphatic rings. The van der Waals surface area contributed by atoms with E-state index in [2.05, 4.69) is 10.3 Å². The van der Waals surface area contributed by atoms with Gasteiger partial charge in [0.1, 0.15) is 19.0 Å². The first-order valence-corrected chi connectivity index (χ1v) is 10.4. The number of nitrogens with zero attached hydrogens (tertiary/aromatic N) is 4. The Hall–Kier alpha value is -2.42. The van der Waals surface area contributed by atoms with Crippen molar-refractivity contribution in [3.63, 3.8) is 0 Å². The normalized spacial score (nSPS) is 12.7. The van der Waals surface area contributed by atoms with Crippen molar-refractivity contribution in [3.05, 3.63) is 26.7 Å². The van der Waals surface area contributed by atoms with Crippen molar-refractivity contribution >= 4 is 17.1 Å². The van der Waals surface area contributed by atoms with Crippen molar-refractivity contribution < 1.29 is 9.90 Å². The van der Waals surface area contributed by atoms with Crippen LogP contribution in [-0.2, 0) is 31.0 Å². The van der Waals surface area contributed by atoms with E-state index in [0.29, 0.717) is 18.9 Å². The first kappa shape index (κ1) is 22.9. The number of amides is 1. The topological polar surface area (TPSA) is 111 Å². The molecule has 2 aromatic rings. The molecule has 0 aliphatic carbocycles. The third kappa shape index (κ3) is 4.77. The molecule has 1 unspecified atom stereocenters. The zero-order valence-corrected chi connectivity index (χ0v) is 18.1. The lowest BCUT2D eigenvalue weighted by atomic mass is 10.1. The number of imidazole rings is 1. The monoisotopic (exact) mass is 407 g/mol. The molecule has 1 atom stereocenters. The van der Waals surface area contributed by atoms with Gasteiger partial charge in [-0.2, -0.15) is 0 Å². The number of carbonyl (C=O) groups is 1. The first-order valence-electron chi connectivity index (χ1n) is 10.4. The molecule has 0 saturated carbocycles. The maximum Gasteiger partial charge on any atom is 0.333 e. The Labute approximate surface area is 170 Å². The fraction of sp³-hybridized carbons (Fsp3) is 0.700. The van der Waals surface area contributed by atoms with E-state index in [1.165, 1.54) is 4.57 Å². The summed E-state index contributed by atoms with van der Waals surface area (Å²) in [6.07, 6.45) is 2.33. The molecule has 9 nitrogen and oxygen atoms in total. The largest absolute Gasteiger partial charge is 0.388 e. The van der Waals surface area contributed by atoms with E-state index in [4.69, 9.17) is 0 Å². The number of unbranched alkanes of at least 4 members (excludes halogenated alkanes) is 1. The van der Waals surface area contributed by atoms with Crippen molar-refractivity contribution in [2.24, 2.45) is 5.92 Å². The van der Waals surface area contributed by atoms with Crippen LogP contribution in [0.5, 0.6) is 0 Å². The highest BCUT2D eigenvalue weighted by molar-refractivity contribution is 5.77. The minimum atomic E-state index is -0.550. The van der Waals surface area contributed by atoms with Crippen molar-refractivity contribution in [3.8, 4) is 0 Å². The quantitative estimate of drug-likeness (QED) is 0.615. The van der Waals surface area contributed by atoms with Gasteiger partial charge >= 0.3 is 5.69 Å². The number of fused-ring (bicyclic) bond motifs is 1. The van der Waals surface area contributed by atoms with Crippen LogP contribution < -0.4 is 16.6 Å². The van der Waals surface area contributed by atoms with E-state index in [1.807, 2.05) is 34.6 Å². The van der Waals surface area contributed by atoms with E-state index in [9.17, 15) is 19.5 Å². The summed E-state index contributed by atoms with van der Waals surface area (Å²) in [4.78, 5) is 43.1. The van der Waals surface area contributed by atoms with Crippen LogP contribution in [0.4, 0.5) is 0 Å². The van der Waals surface area contributed by atoms with E-state index in [0.717, 1.165) is 23.8 Å². The van der Waals surface area contributed by atoms with Crippen LogP contribution in [0.3, 0.4) is 0 Å². The lowest BCUT2D eigenvalue weighted by molar-refractivity contribution is -0.122. The molecule has 1 amide bonds. The molecular formula is C20H33N5O4. The van der Waals surface area contributed by atoms with Gasteiger partial charge in [0.25, 0.3) is 5.56 Å². The summed E-state index contributed by atoms with van der Waals surface area (Å²) in [6, 6.07) is -0.0733. The number of rotatable bonds is 10. The summed E-state index contributed by atoms with van der Waals surface area (Å²) >= 11 is 0. The maximum absolute atomic E-state index is 13.2. The Morgan fingerprint density at radius 2 is 1.76 bits per heavy atom. The van der Waals surface area contributed by atoms with E-state index in [1.54, 1.807) is 4.57 Å². The first-order chi connectivity index (χ1) is 13.8. The van der Waals surface area contributed by atoms with Gasteiger partial charge in [0.2, 0.25) is 5.91 Å². The summed E-state index contributed by atoms with van der Waals surface area (Å²) in [5, 5.41) is 12.5. The lowest BCUT2D eigenvalue weighted by Crippen LogP contribution is -2.46. The average molecular weight is 408 g/mol. The molecule has 0 saturated heterocycles. The summed E-state index contributed by atoms with van der Waals surface area (Å²) in [5.74, 6) is 0.201. The molecule has 2 aromatic heterocycles. The minimum absolute atomic E-state index is 0.0733. The minimum Gasteiger partial charge on any atom is -0.388 e. The third-order valence-electron chi connectivity index (χ3n) is 5.21. The van der Waals surface area contributed by atoms with Gasteiger partial charge in [0, 0.05) is 19.1 Å². The van der Waals surface area contributed by atoms with E-state index >= 15 is 0 Å². The predicted molar refractivity (Wildman–Crippen MR) is 112 cm³/mol. The van der Waals surface area contributed by atoms with Crippen molar-refractivity contribution in [2.45, 2.75) is 86.2 Å². The number of hydrogen-bond donors (Lipinski definition) is 2. The Balaban J connectivity index is 2.65. The number of aryl methyl sites for hydroxylation is 2. The second kappa shape index (κ2) is 9.87. The molecule has 2 N–H and O–H groups in total. The van der Waals surface area contributed by atoms with Gasteiger partial charge in [-0.15, -0.1) is 0 Å². The van der Waals surface area contributed by atoms with Crippen LogP contribution in [0.1, 0.15) is 59.7 Å². The van der Waals surface area contributed by atoms with Crippen LogP contribution in [0.15, 0.2) is 9.59 Å². The van der Waals surface area contributed by atoms with Gasteiger partial charge in [-0.05, 0) is 25.7 Å².